The second-order valence-corrected chi connectivity index (χ2v) is 7.96. The fraction of sp³-hybridized carbons (Fsp3) is 0.529. The van der Waals surface area contributed by atoms with Crippen molar-refractivity contribution < 1.29 is 4.74 Å². The summed E-state index contributed by atoms with van der Waals surface area (Å²) >= 11 is 2.07. The van der Waals surface area contributed by atoms with Gasteiger partial charge >= 0.3 is 0 Å². The van der Waals surface area contributed by atoms with Gasteiger partial charge in [-0.15, -0.1) is 11.8 Å². The van der Waals surface area contributed by atoms with Crippen molar-refractivity contribution in [3.8, 4) is 5.75 Å². The molecule has 2 saturated heterocycles. The lowest BCUT2D eigenvalue weighted by atomic mass is 9.92. The van der Waals surface area contributed by atoms with Crippen LogP contribution in [0.3, 0.4) is 0 Å². The van der Waals surface area contributed by atoms with E-state index in [0.29, 0.717) is 10.9 Å². The summed E-state index contributed by atoms with van der Waals surface area (Å²) < 4.78 is 8.45. The van der Waals surface area contributed by atoms with Gasteiger partial charge in [-0.05, 0) is 19.1 Å². The maximum absolute atomic E-state index is 6.06. The van der Waals surface area contributed by atoms with Gasteiger partial charge in [-0.3, -0.25) is 14.6 Å². The van der Waals surface area contributed by atoms with Gasteiger partial charge in [0.1, 0.15) is 11.9 Å². The molecule has 4 rings (SSSR count). The van der Waals surface area contributed by atoms with Crippen LogP contribution in [0.2, 0.25) is 0 Å². The van der Waals surface area contributed by atoms with Crippen LogP contribution in [0.5, 0.6) is 5.75 Å². The molecule has 2 aromatic rings. The molecule has 0 N–H and O–H groups in total. The SMILES string of the molecule is CCn1cc(CN2CC3(C[C@H](Oc4cccnc4)CS3)C2)cn1. The van der Waals surface area contributed by atoms with Gasteiger partial charge in [0.15, 0.2) is 0 Å². The van der Waals surface area contributed by atoms with Crippen molar-refractivity contribution in [2.75, 3.05) is 18.8 Å². The van der Waals surface area contributed by atoms with E-state index in [9.17, 15) is 0 Å². The van der Waals surface area contributed by atoms with Crippen molar-refractivity contribution in [3.05, 3.63) is 42.5 Å². The van der Waals surface area contributed by atoms with Crippen molar-refractivity contribution in [2.45, 2.75) is 37.3 Å². The summed E-state index contributed by atoms with van der Waals surface area (Å²) in [6.45, 7) is 6.38. The number of hydrogen-bond donors (Lipinski definition) is 0. The Balaban J connectivity index is 1.28. The minimum Gasteiger partial charge on any atom is -0.488 e. The van der Waals surface area contributed by atoms with E-state index >= 15 is 0 Å². The minimum absolute atomic E-state index is 0.314. The lowest BCUT2D eigenvalue weighted by molar-refractivity contribution is 0.0920. The molecule has 1 spiro atoms. The predicted molar refractivity (Wildman–Crippen MR) is 91.6 cm³/mol. The van der Waals surface area contributed by atoms with Crippen LogP contribution >= 0.6 is 11.8 Å². The molecule has 4 heterocycles. The van der Waals surface area contributed by atoms with Gasteiger partial charge in [0.05, 0.1) is 12.4 Å². The summed E-state index contributed by atoms with van der Waals surface area (Å²) in [5, 5.41) is 4.35. The van der Waals surface area contributed by atoms with Gasteiger partial charge in [-0.2, -0.15) is 5.10 Å². The van der Waals surface area contributed by atoms with E-state index in [4.69, 9.17) is 4.74 Å². The fourth-order valence-electron chi connectivity index (χ4n) is 3.51. The van der Waals surface area contributed by atoms with Gasteiger partial charge in [0.25, 0.3) is 0 Å². The van der Waals surface area contributed by atoms with E-state index in [1.54, 1.807) is 12.4 Å². The lowest BCUT2D eigenvalue weighted by Gasteiger charge is -2.47. The molecule has 0 radical (unpaired) electrons. The Morgan fingerprint density at radius 3 is 3.04 bits per heavy atom. The van der Waals surface area contributed by atoms with Crippen LogP contribution < -0.4 is 4.74 Å². The number of nitrogens with zero attached hydrogens (tertiary/aromatic N) is 4. The zero-order valence-electron chi connectivity index (χ0n) is 13.4. The van der Waals surface area contributed by atoms with Crippen molar-refractivity contribution in [3.63, 3.8) is 0 Å². The van der Waals surface area contributed by atoms with Gasteiger partial charge < -0.3 is 4.74 Å². The number of pyridine rings is 1. The Kier molecular flexibility index (Phi) is 4.03. The number of hydrogen-bond acceptors (Lipinski definition) is 5. The first-order valence-electron chi connectivity index (χ1n) is 8.19. The van der Waals surface area contributed by atoms with Crippen LogP contribution in [0.25, 0.3) is 0 Å². The molecule has 0 bridgehead atoms. The number of rotatable bonds is 5. The molecule has 0 saturated carbocycles. The van der Waals surface area contributed by atoms with E-state index < -0.39 is 0 Å². The molecule has 5 nitrogen and oxygen atoms in total. The molecule has 2 aliphatic rings. The third-order valence-electron chi connectivity index (χ3n) is 4.55. The fourth-order valence-corrected chi connectivity index (χ4v) is 5.08. The summed E-state index contributed by atoms with van der Waals surface area (Å²) in [6.07, 6.45) is 9.17. The highest BCUT2D eigenvalue weighted by atomic mass is 32.2. The Morgan fingerprint density at radius 1 is 1.39 bits per heavy atom. The van der Waals surface area contributed by atoms with Crippen LogP contribution in [0.15, 0.2) is 36.9 Å². The Bertz CT molecular complexity index is 654. The molecule has 23 heavy (non-hydrogen) atoms. The van der Waals surface area contributed by atoms with E-state index in [0.717, 1.165) is 44.1 Å². The van der Waals surface area contributed by atoms with Crippen LogP contribution in [0, 0.1) is 0 Å². The van der Waals surface area contributed by atoms with E-state index in [2.05, 4.69) is 39.9 Å². The van der Waals surface area contributed by atoms with E-state index in [1.165, 1.54) is 5.56 Å². The van der Waals surface area contributed by atoms with Crippen LogP contribution in [0.1, 0.15) is 18.9 Å². The maximum Gasteiger partial charge on any atom is 0.138 e. The first-order valence-corrected chi connectivity index (χ1v) is 9.18. The molecule has 0 aromatic carbocycles. The third kappa shape index (κ3) is 3.23. The van der Waals surface area contributed by atoms with E-state index in [-0.39, 0.29) is 0 Å². The number of ether oxygens (including phenoxy) is 1. The molecule has 2 aliphatic heterocycles. The standard InChI is InChI=1S/C17H22N4OS/c1-2-21-10-14(7-19-21)9-20-12-17(13-20)6-16(11-23-17)22-15-4-3-5-18-8-15/h3-5,7-8,10,16H,2,6,9,11-13H2,1H3/t16-/m0/s1. The van der Waals surface area contributed by atoms with Gasteiger partial charge in [-0.25, -0.2) is 0 Å². The normalized spacial score (nSPS) is 23.1. The van der Waals surface area contributed by atoms with Gasteiger partial charge in [-0.1, -0.05) is 0 Å². The quantitative estimate of drug-likeness (QED) is 0.842. The molecule has 0 amide bonds. The largest absolute Gasteiger partial charge is 0.488 e. The van der Waals surface area contributed by atoms with Gasteiger partial charge in [0, 0.05) is 61.1 Å². The molecule has 2 aromatic heterocycles. The minimum atomic E-state index is 0.314. The molecular weight excluding hydrogens is 308 g/mol. The molecule has 2 fully saturated rings. The molecule has 6 heteroatoms. The summed E-state index contributed by atoms with van der Waals surface area (Å²) in [5.74, 6) is 1.97. The number of aromatic nitrogens is 3. The average Bonchev–Trinajstić information content (AvgIpc) is 3.15. The van der Waals surface area contributed by atoms with Crippen molar-refractivity contribution in [1.29, 1.82) is 0 Å². The molecule has 122 valence electrons. The van der Waals surface area contributed by atoms with E-state index in [1.807, 2.05) is 23.0 Å². The second-order valence-electron chi connectivity index (χ2n) is 6.48. The van der Waals surface area contributed by atoms with Crippen molar-refractivity contribution in [1.82, 2.24) is 19.7 Å². The maximum atomic E-state index is 6.06. The third-order valence-corrected chi connectivity index (χ3v) is 6.13. The number of aryl methyl sites for hydroxylation is 1. The summed E-state index contributed by atoms with van der Waals surface area (Å²) in [5.41, 5.74) is 1.31. The number of thioether (sulfide) groups is 1. The second kappa shape index (κ2) is 6.17. The molecule has 0 aliphatic carbocycles. The first kappa shape index (κ1) is 15.0. The van der Waals surface area contributed by atoms with Crippen LogP contribution in [-0.2, 0) is 13.1 Å². The Labute approximate surface area is 141 Å². The highest BCUT2D eigenvalue weighted by Gasteiger charge is 2.49. The Morgan fingerprint density at radius 2 is 2.30 bits per heavy atom. The van der Waals surface area contributed by atoms with Crippen molar-refractivity contribution in [2.24, 2.45) is 0 Å². The molecular formula is C17H22N4OS. The van der Waals surface area contributed by atoms with Gasteiger partial charge in [0.2, 0.25) is 0 Å². The highest BCUT2D eigenvalue weighted by molar-refractivity contribution is 8.01. The summed E-state index contributed by atoms with van der Waals surface area (Å²) in [7, 11) is 0. The van der Waals surface area contributed by atoms with Crippen molar-refractivity contribution >= 4 is 11.8 Å². The Hall–Kier alpha value is -1.53. The summed E-state index contributed by atoms with van der Waals surface area (Å²) in [6, 6.07) is 3.91. The first-order chi connectivity index (χ1) is 11.2. The lowest BCUT2D eigenvalue weighted by Crippen LogP contribution is -2.58. The highest BCUT2D eigenvalue weighted by Crippen LogP contribution is 2.46. The van der Waals surface area contributed by atoms with Crippen LogP contribution in [0.4, 0.5) is 0 Å². The topological polar surface area (TPSA) is 43.2 Å². The summed E-state index contributed by atoms with van der Waals surface area (Å²) in [4.78, 5) is 6.63. The smallest absolute Gasteiger partial charge is 0.138 e. The van der Waals surface area contributed by atoms with Crippen LogP contribution in [-0.4, -0.2) is 49.4 Å². The zero-order chi connectivity index (χ0) is 15.7. The average molecular weight is 330 g/mol. The number of likely N-dealkylation sites (tertiary alicyclic amines) is 1. The zero-order valence-corrected chi connectivity index (χ0v) is 14.2. The monoisotopic (exact) mass is 330 g/mol. The predicted octanol–water partition coefficient (Wildman–Crippen LogP) is 2.44. The molecule has 0 unspecified atom stereocenters. The molecule has 1 atom stereocenters.